The summed E-state index contributed by atoms with van der Waals surface area (Å²) in [4.78, 5) is 23.6. The molecular weight excluding hydrogens is 170 g/mol. The molecule has 4 heteroatoms. The van der Waals surface area contributed by atoms with Gasteiger partial charge in [-0.15, -0.1) is 0 Å². The van der Waals surface area contributed by atoms with Crippen molar-refractivity contribution >= 4 is 11.8 Å². The Bertz CT molecular complexity index is 242. The number of aliphatic hydroxyl groups is 1. The first-order valence-electron chi connectivity index (χ1n) is 4.66. The number of amides is 2. The summed E-state index contributed by atoms with van der Waals surface area (Å²) in [6.45, 7) is 0.213. The standard InChI is InChI=1S/C9H13NO3/c11-7-2-3-8(12)10(7)6-9(13)4-1-5-9/h13H,1-6H2. The largest absolute Gasteiger partial charge is 0.388 e. The van der Waals surface area contributed by atoms with Crippen LogP contribution in [-0.4, -0.2) is 34.0 Å². The van der Waals surface area contributed by atoms with Gasteiger partial charge in [-0.05, 0) is 19.3 Å². The van der Waals surface area contributed by atoms with Gasteiger partial charge in [0.1, 0.15) is 0 Å². The van der Waals surface area contributed by atoms with Crippen molar-refractivity contribution in [1.29, 1.82) is 0 Å². The maximum atomic E-state index is 11.2. The van der Waals surface area contributed by atoms with Gasteiger partial charge in [-0.1, -0.05) is 0 Å². The van der Waals surface area contributed by atoms with Crippen LogP contribution in [0.5, 0.6) is 0 Å². The third kappa shape index (κ3) is 1.46. The number of imide groups is 1. The van der Waals surface area contributed by atoms with E-state index in [4.69, 9.17) is 0 Å². The van der Waals surface area contributed by atoms with Gasteiger partial charge >= 0.3 is 0 Å². The number of hydrogen-bond acceptors (Lipinski definition) is 3. The predicted octanol–water partition coefficient (Wildman–Crippen LogP) is 0.0504. The molecule has 2 fully saturated rings. The minimum absolute atomic E-state index is 0.134. The summed E-state index contributed by atoms with van der Waals surface area (Å²) >= 11 is 0. The molecule has 13 heavy (non-hydrogen) atoms. The van der Waals surface area contributed by atoms with Crippen molar-refractivity contribution in [2.24, 2.45) is 0 Å². The smallest absolute Gasteiger partial charge is 0.229 e. The van der Waals surface area contributed by atoms with Gasteiger partial charge in [0.05, 0.1) is 12.1 Å². The monoisotopic (exact) mass is 183 g/mol. The Morgan fingerprint density at radius 1 is 1.23 bits per heavy atom. The van der Waals surface area contributed by atoms with E-state index in [1.165, 1.54) is 4.90 Å². The number of likely N-dealkylation sites (tertiary alicyclic amines) is 1. The SMILES string of the molecule is O=C1CCC(=O)N1CC1(O)CCC1. The zero-order valence-corrected chi connectivity index (χ0v) is 7.45. The lowest BCUT2D eigenvalue weighted by atomic mass is 9.80. The van der Waals surface area contributed by atoms with E-state index in [9.17, 15) is 14.7 Å². The Balaban J connectivity index is 2.00. The van der Waals surface area contributed by atoms with Crippen LogP contribution in [0.1, 0.15) is 32.1 Å². The van der Waals surface area contributed by atoms with E-state index >= 15 is 0 Å². The topological polar surface area (TPSA) is 57.6 Å². The maximum Gasteiger partial charge on any atom is 0.229 e. The van der Waals surface area contributed by atoms with E-state index in [2.05, 4.69) is 0 Å². The van der Waals surface area contributed by atoms with Gasteiger partial charge in [0.2, 0.25) is 11.8 Å². The maximum absolute atomic E-state index is 11.2. The minimum atomic E-state index is -0.768. The summed E-state index contributed by atoms with van der Waals surface area (Å²) in [7, 11) is 0. The van der Waals surface area contributed by atoms with E-state index < -0.39 is 5.60 Å². The highest BCUT2D eigenvalue weighted by atomic mass is 16.3. The fourth-order valence-corrected chi connectivity index (χ4v) is 1.84. The lowest BCUT2D eigenvalue weighted by Crippen LogP contribution is -2.49. The summed E-state index contributed by atoms with van der Waals surface area (Å²) in [6, 6.07) is 0. The highest BCUT2D eigenvalue weighted by molar-refractivity contribution is 6.02. The van der Waals surface area contributed by atoms with Crippen LogP contribution in [0.4, 0.5) is 0 Å². The molecule has 1 saturated heterocycles. The fraction of sp³-hybridized carbons (Fsp3) is 0.778. The van der Waals surface area contributed by atoms with Crippen molar-refractivity contribution in [2.45, 2.75) is 37.7 Å². The average molecular weight is 183 g/mol. The molecule has 2 rings (SSSR count). The van der Waals surface area contributed by atoms with E-state index in [0.717, 1.165) is 6.42 Å². The third-order valence-electron chi connectivity index (χ3n) is 2.89. The van der Waals surface area contributed by atoms with Crippen molar-refractivity contribution in [3.05, 3.63) is 0 Å². The molecule has 0 aromatic carbocycles. The van der Waals surface area contributed by atoms with Crippen molar-refractivity contribution < 1.29 is 14.7 Å². The van der Waals surface area contributed by atoms with Gasteiger partial charge in [0, 0.05) is 12.8 Å². The predicted molar refractivity (Wildman–Crippen MR) is 44.8 cm³/mol. The van der Waals surface area contributed by atoms with Crippen LogP contribution in [0.2, 0.25) is 0 Å². The van der Waals surface area contributed by atoms with E-state index in [1.807, 2.05) is 0 Å². The molecule has 2 aliphatic rings. The zero-order chi connectivity index (χ0) is 9.47. The van der Waals surface area contributed by atoms with Crippen molar-refractivity contribution in [3.63, 3.8) is 0 Å². The first kappa shape index (κ1) is 8.69. The van der Waals surface area contributed by atoms with Crippen molar-refractivity contribution in [1.82, 2.24) is 4.90 Å². The average Bonchev–Trinajstić information content (AvgIpc) is 2.33. The second-order valence-electron chi connectivity index (χ2n) is 3.95. The molecule has 0 aromatic heterocycles. The van der Waals surface area contributed by atoms with Gasteiger partial charge in [0.25, 0.3) is 0 Å². The molecule has 0 spiro atoms. The molecule has 0 radical (unpaired) electrons. The summed E-state index contributed by atoms with van der Waals surface area (Å²) in [5, 5.41) is 9.76. The molecule has 4 nitrogen and oxygen atoms in total. The van der Waals surface area contributed by atoms with Crippen molar-refractivity contribution in [3.8, 4) is 0 Å². The first-order valence-corrected chi connectivity index (χ1v) is 4.66. The van der Waals surface area contributed by atoms with E-state index in [0.29, 0.717) is 25.7 Å². The molecule has 0 aromatic rings. The molecule has 1 heterocycles. The van der Waals surface area contributed by atoms with E-state index in [-0.39, 0.29) is 18.4 Å². The summed E-state index contributed by atoms with van der Waals surface area (Å²) < 4.78 is 0. The summed E-state index contributed by atoms with van der Waals surface area (Å²) in [5.74, 6) is -0.268. The molecule has 2 amide bonds. The fourth-order valence-electron chi connectivity index (χ4n) is 1.84. The summed E-state index contributed by atoms with van der Waals surface area (Å²) in [6.07, 6.45) is 3.05. The number of carbonyl (C=O) groups excluding carboxylic acids is 2. The molecule has 1 saturated carbocycles. The van der Waals surface area contributed by atoms with Crippen LogP contribution in [-0.2, 0) is 9.59 Å². The van der Waals surface area contributed by atoms with Gasteiger partial charge in [-0.25, -0.2) is 0 Å². The van der Waals surface area contributed by atoms with Crippen LogP contribution in [0, 0.1) is 0 Å². The number of hydrogen-bond donors (Lipinski definition) is 1. The molecule has 72 valence electrons. The number of nitrogens with zero attached hydrogens (tertiary/aromatic N) is 1. The normalized spacial score (nSPS) is 26.4. The number of β-amino-alcohol motifs (C(OH)–C–C–N with tert-alkyl or cyclic N) is 1. The van der Waals surface area contributed by atoms with Gasteiger partial charge < -0.3 is 5.11 Å². The van der Waals surface area contributed by atoms with Gasteiger partial charge in [-0.2, -0.15) is 0 Å². The highest BCUT2D eigenvalue weighted by Gasteiger charge is 2.41. The molecule has 1 aliphatic heterocycles. The summed E-state index contributed by atoms with van der Waals surface area (Å²) in [5.41, 5.74) is -0.768. The van der Waals surface area contributed by atoms with Crippen LogP contribution in [0.15, 0.2) is 0 Å². The van der Waals surface area contributed by atoms with Crippen LogP contribution >= 0.6 is 0 Å². The lowest BCUT2D eigenvalue weighted by Gasteiger charge is -2.38. The first-order chi connectivity index (χ1) is 6.11. The number of carbonyl (C=O) groups is 2. The van der Waals surface area contributed by atoms with Crippen LogP contribution in [0.25, 0.3) is 0 Å². The molecule has 0 bridgehead atoms. The molecule has 0 unspecified atom stereocenters. The minimum Gasteiger partial charge on any atom is -0.388 e. The molecule has 0 atom stereocenters. The Kier molecular flexibility index (Phi) is 1.87. The second-order valence-corrected chi connectivity index (χ2v) is 3.95. The zero-order valence-electron chi connectivity index (χ0n) is 7.45. The molecule has 1 aliphatic carbocycles. The van der Waals surface area contributed by atoms with Crippen LogP contribution in [0.3, 0.4) is 0 Å². The molecular formula is C9H13NO3. The van der Waals surface area contributed by atoms with Gasteiger partial charge in [-0.3, -0.25) is 14.5 Å². The molecule has 1 N–H and O–H groups in total. The Labute approximate surface area is 76.5 Å². The third-order valence-corrected chi connectivity index (χ3v) is 2.89. The van der Waals surface area contributed by atoms with Crippen molar-refractivity contribution in [2.75, 3.05) is 6.54 Å². The Morgan fingerprint density at radius 2 is 1.77 bits per heavy atom. The van der Waals surface area contributed by atoms with Crippen LogP contribution < -0.4 is 0 Å². The lowest BCUT2D eigenvalue weighted by molar-refractivity contribution is -0.145. The highest BCUT2D eigenvalue weighted by Crippen LogP contribution is 2.33. The quantitative estimate of drug-likeness (QED) is 0.615. The second kappa shape index (κ2) is 2.80. The number of rotatable bonds is 2. The van der Waals surface area contributed by atoms with Gasteiger partial charge in [0.15, 0.2) is 0 Å². The Hall–Kier alpha value is -0.900. The Morgan fingerprint density at radius 3 is 2.15 bits per heavy atom. The van der Waals surface area contributed by atoms with E-state index in [1.54, 1.807) is 0 Å².